The van der Waals surface area contributed by atoms with Gasteiger partial charge in [0.25, 0.3) is 0 Å². The number of carboxylic acid groups (broad SMARTS) is 1. The standard InChI is InChI=1S/C13H12Cl2N2O4S/c14-7-2-1-6(3-8(7)15)17-11(18)4-10(12(17)19)22-5-9(16)13(20)21/h1-3,9-10H,4-5,16H2,(H,20,21)/t9-,10+/m1/s1. The maximum absolute atomic E-state index is 12.3. The van der Waals surface area contributed by atoms with Crippen molar-refractivity contribution in [2.24, 2.45) is 5.73 Å². The Balaban J connectivity index is 2.11. The van der Waals surface area contributed by atoms with Crippen molar-refractivity contribution in [1.82, 2.24) is 0 Å². The van der Waals surface area contributed by atoms with Crippen LogP contribution in [0.1, 0.15) is 6.42 Å². The number of imide groups is 1. The molecule has 3 N–H and O–H groups in total. The minimum absolute atomic E-state index is 0.00388. The van der Waals surface area contributed by atoms with Crippen LogP contribution in [0.3, 0.4) is 0 Å². The minimum atomic E-state index is -1.15. The Bertz CT molecular complexity index is 640. The number of halogens is 2. The van der Waals surface area contributed by atoms with Gasteiger partial charge in [0.05, 0.1) is 21.0 Å². The van der Waals surface area contributed by atoms with Crippen LogP contribution in [0.25, 0.3) is 0 Å². The summed E-state index contributed by atoms with van der Waals surface area (Å²) >= 11 is 12.8. The van der Waals surface area contributed by atoms with Gasteiger partial charge >= 0.3 is 5.97 Å². The van der Waals surface area contributed by atoms with E-state index in [1.54, 1.807) is 0 Å². The molecule has 1 saturated heterocycles. The molecule has 0 aromatic heterocycles. The Morgan fingerprint density at radius 1 is 1.41 bits per heavy atom. The summed E-state index contributed by atoms with van der Waals surface area (Å²) in [5.74, 6) is -1.88. The maximum atomic E-state index is 12.3. The molecule has 1 aromatic carbocycles. The first-order chi connectivity index (χ1) is 10.3. The van der Waals surface area contributed by atoms with Gasteiger partial charge in [-0.05, 0) is 18.2 Å². The lowest BCUT2D eigenvalue weighted by Gasteiger charge is -2.16. The lowest BCUT2D eigenvalue weighted by Crippen LogP contribution is -2.35. The molecule has 1 heterocycles. The molecule has 1 aliphatic heterocycles. The molecule has 2 atom stereocenters. The van der Waals surface area contributed by atoms with Gasteiger partial charge in [-0.2, -0.15) is 0 Å². The fourth-order valence-corrected chi connectivity index (χ4v) is 3.30. The molecule has 0 unspecified atom stereocenters. The Labute approximate surface area is 140 Å². The minimum Gasteiger partial charge on any atom is -0.480 e. The number of anilines is 1. The number of benzene rings is 1. The van der Waals surface area contributed by atoms with Crippen molar-refractivity contribution in [2.75, 3.05) is 10.7 Å². The third-order valence-corrected chi connectivity index (χ3v) is 5.12. The van der Waals surface area contributed by atoms with Crippen molar-refractivity contribution in [1.29, 1.82) is 0 Å². The van der Waals surface area contributed by atoms with E-state index in [2.05, 4.69) is 0 Å². The molecule has 0 spiro atoms. The molecule has 2 rings (SSSR count). The summed E-state index contributed by atoms with van der Waals surface area (Å²) in [4.78, 5) is 36.1. The Hall–Kier alpha value is -1.28. The largest absolute Gasteiger partial charge is 0.480 e. The van der Waals surface area contributed by atoms with Crippen LogP contribution >= 0.6 is 35.0 Å². The molecular weight excluding hydrogens is 351 g/mol. The van der Waals surface area contributed by atoms with E-state index >= 15 is 0 Å². The molecule has 1 fully saturated rings. The van der Waals surface area contributed by atoms with Gasteiger partial charge in [0, 0.05) is 12.2 Å². The van der Waals surface area contributed by atoms with Crippen molar-refractivity contribution in [2.45, 2.75) is 17.7 Å². The molecule has 118 valence electrons. The lowest BCUT2D eigenvalue weighted by molar-refractivity contribution is -0.138. The van der Waals surface area contributed by atoms with Gasteiger partial charge in [-0.25, -0.2) is 4.90 Å². The average Bonchev–Trinajstić information content (AvgIpc) is 2.74. The van der Waals surface area contributed by atoms with Gasteiger partial charge in [0.2, 0.25) is 11.8 Å². The topological polar surface area (TPSA) is 101 Å². The zero-order valence-electron chi connectivity index (χ0n) is 11.2. The lowest BCUT2D eigenvalue weighted by atomic mass is 10.3. The quantitative estimate of drug-likeness (QED) is 0.774. The summed E-state index contributed by atoms with van der Waals surface area (Å²) in [6.07, 6.45) is -0.00388. The molecule has 0 bridgehead atoms. The number of nitrogens with zero attached hydrogens (tertiary/aromatic N) is 1. The van der Waals surface area contributed by atoms with E-state index in [1.807, 2.05) is 0 Å². The molecule has 2 amide bonds. The molecule has 0 radical (unpaired) electrons. The predicted octanol–water partition coefficient (Wildman–Crippen LogP) is 1.77. The zero-order chi connectivity index (χ0) is 16.4. The second-order valence-corrected chi connectivity index (χ2v) is 6.69. The van der Waals surface area contributed by atoms with E-state index in [0.717, 1.165) is 16.7 Å². The molecule has 9 heteroatoms. The number of hydrogen-bond donors (Lipinski definition) is 2. The van der Waals surface area contributed by atoms with Gasteiger partial charge in [0.15, 0.2) is 0 Å². The fourth-order valence-electron chi connectivity index (χ4n) is 1.92. The molecule has 22 heavy (non-hydrogen) atoms. The second-order valence-electron chi connectivity index (χ2n) is 4.64. The predicted molar refractivity (Wildman–Crippen MR) is 85.4 cm³/mol. The number of carbonyl (C=O) groups is 3. The second kappa shape index (κ2) is 6.87. The Morgan fingerprint density at radius 3 is 2.68 bits per heavy atom. The highest BCUT2D eigenvalue weighted by atomic mass is 35.5. The van der Waals surface area contributed by atoms with E-state index in [4.69, 9.17) is 34.0 Å². The van der Waals surface area contributed by atoms with Crippen LogP contribution in [0.15, 0.2) is 18.2 Å². The van der Waals surface area contributed by atoms with Gasteiger partial charge in [-0.3, -0.25) is 14.4 Å². The molecule has 6 nitrogen and oxygen atoms in total. The first-order valence-corrected chi connectivity index (χ1v) is 8.03. The van der Waals surface area contributed by atoms with E-state index in [0.29, 0.717) is 10.7 Å². The summed E-state index contributed by atoms with van der Waals surface area (Å²) in [7, 11) is 0. The van der Waals surface area contributed by atoms with E-state index in [-0.39, 0.29) is 23.1 Å². The summed E-state index contributed by atoms with van der Waals surface area (Å²) in [6.45, 7) is 0. The third-order valence-electron chi connectivity index (χ3n) is 3.06. The normalized spacial score (nSPS) is 19.6. The highest BCUT2D eigenvalue weighted by molar-refractivity contribution is 8.00. The number of rotatable bonds is 5. The first kappa shape index (κ1) is 17.1. The van der Waals surface area contributed by atoms with Crippen LogP contribution in [-0.4, -0.2) is 39.9 Å². The van der Waals surface area contributed by atoms with Crippen LogP contribution in [0, 0.1) is 0 Å². The molecule has 0 saturated carbocycles. The van der Waals surface area contributed by atoms with Gasteiger partial charge in [-0.15, -0.1) is 11.8 Å². The average molecular weight is 363 g/mol. The first-order valence-electron chi connectivity index (χ1n) is 6.23. The number of hydrogen-bond acceptors (Lipinski definition) is 5. The van der Waals surface area contributed by atoms with Crippen LogP contribution < -0.4 is 10.6 Å². The van der Waals surface area contributed by atoms with Crippen LogP contribution in [0.5, 0.6) is 0 Å². The smallest absolute Gasteiger partial charge is 0.321 e. The van der Waals surface area contributed by atoms with Crippen LogP contribution in [0.2, 0.25) is 10.0 Å². The Morgan fingerprint density at radius 2 is 2.09 bits per heavy atom. The van der Waals surface area contributed by atoms with Crippen LogP contribution in [-0.2, 0) is 14.4 Å². The van der Waals surface area contributed by atoms with Gasteiger partial charge in [-0.1, -0.05) is 23.2 Å². The monoisotopic (exact) mass is 362 g/mol. The summed E-state index contributed by atoms with van der Waals surface area (Å²) in [5.41, 5.74) is 5.74. The van der Waals surface area contributed by atoms with Crippen molar-refractivity contribution in [3.8, 4) is 0 Å². The number of thioether (sulfide) groups is 1. The number of amides is 2. The Kier molecular flexibility index (Phi) is 5.33. The SMILES string of the molecule is N[C@H](CS[C@H]1CC(=O)N(c2ccc(Cl)c(Cl)c2)C1=O)C(=O)O. The van der Waals surface area contributed by atoms with Crippen molar-refractivity contribution >= 4 is 58.4 Å². The summed E-state index contributed by atoms with van der Waals surface area (Å²) in [5, 5.41) is 8.65. The van der Waals surface area contributed by atoms with Gasteiger partial charge < -0.3 is 10.8 Å². The molecule has 0 aliphatic carbocycles. The van der Waals surface area contributed by atoms with E-state index in [9.17, 15) is 14.4 Å². The highest BCUT2D eigenvalue weighted by Gasteiger charge is 2.40. The van der Waals surface area contributed by atoms with Crippen molar-refractivity contribution < 1.29 is 19.5 Å². The number of nitrogens with two attached hydrogens (primary N) is 1. The van der Waals surface area contributed by atoms with Crippen molar-refractivity contribution in [3.63, 3.8) is 0 Å². The molecule has 1 aliphatic rings. The van der Waals surface area contributed by atoms with E-state index in [1.165, 1.54) is 18.2 Å². The maximum Gasteiger partial charge on any atom is 0.321 e. The number of carboxylic acids is 1. The molecule has 1 aromatic rings. The van der Waals surface area contributed by atoms with Gasteiger partial charge in [0.1, 0.15) is 6.04 Å². The summed E-state index contributed by atoms with van der Waals surface area (Å²) < 4.78 is 0. The zero-order valence-corrected chi connectivity index (χ0v) is 13.5. The van der Waals surface area contributed by atoms with Crippen molar-refractivity contribution in [3.05, 3.63) is 28.2 Å². The highest BCUT2D eigenvalue weighted by Crippen LogP contribution is 2.33. The van der Waals surface area contributed by atoms with E-state index < -0.39 is 23.2 Å². The molecular formula is C13H12Cl2N2O4S. The fraction of sp³-hybridized carbons (Fsp3) is 0.308. The number of aliphatic carboxylic acids is 1. The van der Waals surface area contributed by atoms with Crippen LogP contribution in [0.4, 0.5) is 5.69 Å². The summed E-state index contributed by atoms with van der Waals surface area (Å²) in [6, 6.07) is 3.39. The number of carbonyl (C=O) groups excluding carboxylic acids is 2. The third kappa shape index (κ3) is 3.55.